The standard InChI is InChI=1S/C15H17FN2O/c1-3-17-10-12-7-8-18-14(9-12)19-13-6-4-5-11(2)15(13)16/h4-9,17H,3,10H2,1-2H3. The number of benzene rings is 1. The average Bonchev–Trinajstić information content (AvgIpc) is 2.42. The van der Waals surface area contributed by atoms with Crippen LogP contribution in [-0.2, 0) is 6.54 Å². The molecule has 0 unspecified atom stereocenters. The molecule has 0 aliphatic heterocycles. The first-order valence-corrected chi connectivity index (χ1v) is 6.29. The van der Waals surface area contributed by atoms with E-state index in [1.54, 1.807) is 31.3 Å². The summed E-state index contributed by atoms with van der Waals surface area (Å²) in [5.74, 6) is 0.259. The molecule has 0 radical (unpaired) electrons. The van der Waals surface area contributed by atoms with Gasteiger partial charge < -0.3 is 10.1 Å². The van der Waals surface area contributed by atoms with Gasteiger partial charge in [-0.05, 0) is 36.7 Å². The Morgan fingerprint density at radius 2 is 2.16 bits per heavy atom. The Kier molecular flexibility index (Phi) is 4.47. The predicted octanol–water partition coefficient (Wildman–Crippen LogP) is 3.43. The summed E-state index contributed by atoms with van der Waals surface area (Å²) < 4.78 is 19.3. The monoisotopic (exact) mass is 260 g/mol. The highest BCUT2D eigenvalue weighted by Crippen LogP contribution is 2.25. The molecule has 0 atom stereocenters. The van der Waals surface area contributed by atoms with E-state index in [1.807, 2.05) is 19.1 Å². The van der Waals surface area contributed by atoms with Gasteiger partial charge in [-0.15, -0.1) is 0 Å². The Morgan fingerprint density at radius 1 is 1.32 bits per heavy atom. The molecule has 0 saturated carbocycles. The third-order valence-electron chi connectivity index (χ3n) is 2.75. The molecular weight excluding hydrogens is 243 g/mol. The van der Waals surface area contributed by atoms with E-state index in [9.17, 15) is 4.39 Å². The molecule has 0 aliphatic rings. The van der Waals surface area contributed by atoms with Crippen molar-refractivity contribution in [1.82, 2.24) is 10.3 Å². The van der Waals surface area contributed by atoms with Crippen molar-refractivity contribution in [2.75, 3.05) is 6.54 Å². The summed E-state index contributed by atoms with van der Waals surface area (Å²) in [5.41, 5.74) is 1.61. The number of halogens is 1. The lowest BCUT2D eigenvalue weighted by molar-refractivity contribution is 0.425. The highest BCUT2D eigenvalue weighted by Gasteiger charge is 2.08. The highest BCUT2D eigenvalue weighted by atomic mass is 19.1. The van der Waals surface area contributed by atoms with E-state index in [4.69, 9.17) is 4.74 Å². The molecule has 2 rings (SSSR count). The van der Waals surface area contributed by atoms with Gasteiger partial charge in [-0.3, -0.25) is 0 Å². The van der Waals surface area contributed by atoms with Gasteiger partial charge in [-0.2, -0.15) is 0 Å². The number of aromatic nitrogens is 1. The summed E-state index contributed by atoms with van der Waals surface area (Å²) in [5, 5.41) is 3.22. The van der Waals surface area contributed by atoms with Crippen LogP contribution >= 0.6 is 0 Å². The van der Waals surface area contributed by atoms with Gasteiger partial charge in [0.15, 0.2) is 11.6 Å². The normalized spacial score (nSPS) is 10.5. The molecular formula is C15H17FN2O. The largest absolute Gasteiger partial charge is 0.436 e. The third kappa shape index (κ3) is 3.51. The van der Waals surface area contributed by atoms with Gasteiger partial charge in [-0.1, -0.05) is 19.1 Å². The van der Waals surface area contributed by atoms with E-state index in [2.05, 4.69) is 10.3 Å². The first-order chi connectivity index (χ1) is 9.20. The molecule has 2 aromatic rings. The molecule has 0 saturated heterocycles. The molecule has 1 heterocycles. The van der Waals surface area contributed by atoms with Crippen LogP contribution in [0.1, 0.15) is 18.1 Å². The van der Waals surface area contributed by atoms with Crippen molar-refractivity contribution in [3.8, 4) is 11.6 Å². The number of rotatable bonds is 5. The zero-order chi connectivity index (χ0) is 13.7. The summed E-state index contributed by atoms with van der Waals surface area (Å²) in [6.45, 7) is 5.38. The molecule has 0 fully saturated rings. The molecule has 0 aliphatic carbocycles. The maximum atomic E-state index is 13.8. The molecule has 0 amide bonds. The molecule has 19 heavy (non-hydrogen) atoms. The van der Waals surface area contributed by atoms with Crippen LogP contribution in [-0.4, -0.2) is 11.5 Å². The number of aryl methyl sites for hydroxylation is 1. The molecule has 1 aromatic heterocycles. The first kappa shape index (κ1) is 13.5. The minimum absolute atomic E-state index is 0.202. The molecule has 1 N–H and O–H groups in total. The smallest absolute Gasteiger partial charge is 0.219 e. The number of nitrogens with zero attached hydrogens (tertiary/aromatic N) is 1. The number of hydrogen-bond donors (Lipinski definition) is 1. The molecule has 0 bridgehead atoms. The van der Waals surface area contributed by atoms with Crippen LogP contribution in [0.15, 0.2) is 36.5 Å². The zero-order valence-electron chi connectivity index (χ0n) is 11.1. The van der Waals surface area contributed by atoms with E-state index in [-0.39, 0.29) is 11.6 Å². The van der Waals surface area contributed by atoms with E-state index < -0.39 is 0 Å². The van der Waals surface area contributed by atoms with Crippen LogP contribution in [0.5, 0.6) is 11.6 Å². The SMILES string of the molecule is CCNCc1ccnc(Oc2cccc(C)c2F)c1. The Hall–Kier alpha value is -1.94. The number of hydrogen-bond acceptors (Lipinski definition) is 3. The lowest BCUT2D eigenvalue weighted by atomic mass is 10.2. The Bertz CT molecular complexity index is 558. The second-order valence-electron chi connectivity index (χ2n) is 4.27. The van der Waals surface area contributed by atoms with Crippen molar-refractivity contribution in [3.63, 3.8) is 0 Å². The lowest BCUT2D eigenvalue weighted by Gasteiger charge is -2.08. The van der Waals surface area contributed by atoms with Gasteiger partial charge in [-0.25, -0.2) is 9.37 Å². The maximum Gasteiger partial charge on any atom is 0.219 e. The molecule has 1 aromatic carbocycles. The van der Waals surface area contributed by atoms with Gasteiger partial charge >= 0.3 is 0 Å². The summed E-state index contributed by atoms with van der Waals surface area (Å²) in [7, 11) is 0. The van der Waals surface area contributed by atoms with Crippen molar-refractivity contribution in [3.05, 3.63) is 53.5 Å². The second-order valence-corrected chi connectivity index (χ2v) is 4.27. The van der Waals surface area contributed by atoms with Gasteiger partial charge in [0.2, 0.25) is 5.88 Å². The summed E-state index contributed by atoms with van der Waals surface area (Å²) in [6.07, 6.45) is 1.66. The van der Waals surface area contributed by atoms with Crippen LogP contribution in [0.2, 0.25) is 0 Å². The van der Waals surface area contributed by atoms with Crippen LogP contribution in [0.4, 0.5) is 4.39 Å². The minimum atomic E-state index is -0.346. The summed E-state index contributed by atoms with van der Waals surface area (Å²) in [4.78, 5) is 4.10. The number of nitrogens with one attached hydrogen (secondary N) is 1. The van der Waals surface area contributed by atoms with Crippen LogP contribution in [0.25, 0.3) is 0 Å². The van der Waals surface area contributed by atoms with Crippen molar-refractivity contribution in [2.24, 2.45) is 0 Å². The zero-order valence-corrected chi connectivity index (χ0v) is 11.1. The summed E-state index contributed by atoms with van der Waals surface area (Å²) in [6, 6.07) is 8.78. The van der Waals surface area contributed by atoms with Crippen molar-refractivity contribution >= 4 is 0 Å². The molecule has 0 spiro atoms. The fourth-order valence-electron chi connectivity index (χ4n) is 1.70. The minimum Gasteiger partial charge on any atom is -0.436 e. The van der Waals surface area contributed by atoms with Crippen LogP contribution in [0, 0.1) is 12.7 Å². The Morgan fingerprint density at radius 3 is 2.95 bits per heavy atom. The fourth-order valence-corrected chi connectivity index (χ4v) is 1.70. The van der Waals surface area contributed by atoms with Gasteiger partial charge in [0.1, 0.15) is 0 Å². The topological polar surface area (TPSA) is 34.2 Å². The number of ether oxygens (including phenoxy) is 1. The average molecular weight is 260 g/mol. The van der Waals surface area contributed by atoms with Crippen molar-refractivity contribution in [1.29, 1.82) is 0 Å². The highest BCUT2D eigenvalue weighted by molar-refractivity contribution is 5.33. The van der Waals surface area contributed by atoms with Gasteiger partial charge in [0.05, 0.1) is 0 Å². The lowest BCUT2D eigenvalue weighted by Crippen LogP contribution is -2.11. The van der Waals surface area contributed by atoms with E-state index >= 15 is 0 Å². The van der Waals surface area contributed by atoms with Gasteiger partial charge in [0, 0.05) is 18.8 Å². The van der Waals surface area contributed by atoms with E-state index in [0.29, 0.717) is 11.4 Å². The molecule has 3 nitrogen and oxygen atoms in total. The van der Waals surface area contributed by atoms with E-state index in [0.717, 1.165) is 18.7 Å². The van der Waals surface area contributed by atoms with Gasteiger partial charge in [0.25, 0.3) is 0 Å². The predicted molar refractivity (Wildman–Crippen MR) is 72.8 cm³/mol. The Balaban J connectivity index is 2.16. The molecule has 4 heteroatoms. The van der Waals surface area contributed by atoms with Crippen LogP contribution < -0.4 is 10.1 Å². The quantitative estimate of drug-likeness (QED) is 0.894. The van der Waals surface area contributed by atoms with Crippen molar-refractivity contribution in [2.45, 2.75) is 20.4 Å². The molecule has 100 valence electrons. The van der Waals surface area contributed by atoms with Crippen molar-refractivity contribution < 1.29 is 9.13 Å². The summed E-state index contributed by atoms with van der Waals surface area (Å²) >= 11 is 0. The third-order valence-corrected chi connectivity index (χ3v) is 2.75. The first-order valence-electron chi connectivity index (χ1n) is 6.29. The fraction of sp³-hybridized carbons (Fsp3) is 0.267. The Labute approximate surface area is 112 Å². The maximum absolute atomic E-state index is 13.8. The number of pyridine rings is 1. The second kappa shape index (κ2) is 6.29. The van der Waals surface area contributed by atoms with E-state index in [1.165, 1.54) is 0 Å². The van der Waals surface area contributed by atoms with Crippen LogP contribution in [0.3, 0.4) is 0 Å².